The van der Waals surface area contributed by atoms with Crippen molar-refractivity contribution in [3.8, 4) is 11.6 Å². The average Bonchev–Trinajstić information content (AvgIpc) is 3.71. The Balaban J connectivity index is 1.21. The number of hydrogen-bond donors (Lipinski definition) is 2. The molecule has 0 saturated carbocycles. The molecule has 0 radical (unpaired) electrons. The summed E-state index contributed by atoms with van der Waals surface area (Å²) in [5, 5.41) is 14.5. The summed E-state index contributed by atoms with van der Waals surface area (Å²) in [6.45, 7) is 4.83. The van der Waals surface area contributed by atoms with E-state index in [9.17, 15) is 4.79 Å². The third-order valence-corrected chi connectivity index (χ3v) is 7.56. The second kappa shape index (κ2) is 11.0. The topological polar surface area (TPSA) is 121 Å². The fourth-order valence-corrected chi connectivity index (χ4v) is 5.48. The summed E-state index contributed by atoms with van der Waals surface area (Å²) in [5.74, 6) is -0.0585. The zero-order chi connectivity index (χ0) is 27.6. The van der Waals surface area contributed by atoms with Gasteiger partial charge in [-0.05, 0) is 25.0 Å². The molecule has 2 fully saturated rings. The molecule has 4 aromatic rings. The van der Waals surface area contributed by atoms with Gasteiger partial charge in [0, 0.05) is 37.3 Å². The molecule has 0 spiro atoms. The maximum Gasteiger partial charge on any atom is 0.317 e. The Labute approximate surface area is 237 Å². The van der Waals surface area contributed by atoms with Crippen molar-refractivity contribution in [3.05, 3.63) is 78.0 Å². The smallest absolute Gasteiger partial charge is 0.317 e. The van der Waals surface area contributed by atoms with Gasteiger partial charge in [0.25, 0.3) is 11.8 Å². The van der Waals surface area contributed by atoms with E-state index in [-0.39, 0.29) is 17.8 Å². The number of ether oxygens (including phenoxy) is 1. The van der Waals surface area contributed by atoms with Gasteiger partial charge in [-0.25, -0.2) is 9.98 Å². The van der Waals surface area contributed by atoms with Gasteiger partial charge in [-0.3, -0.25) is 4.79 Å². The SMILES string of the molecule is O=C1Nc2ccccc2C(c2ccccc2)=N[C@@H]1Nc1nnc(-c2ncc(N3CCCC3)cc2N2CCOCC2)o1. The second-order valence-corrected chi connectivity index (χ2v) is 10.2. The number of hydrogen-bond acceptors (Lipinski definition) is 10. The molecule has 2 saturated heterocycles. The van der Waals surface area contributed by atoms with Crippen LogP contribution in [0.4, 0.5) is 23.1 Å². The number of fused-ring (bicyclic) bond motifs is 1. The maximum absolute atomic E-state index is 13.3. The molecule has 0 unspecified atom stereocenters. The molecule has 3 aliphatic rings. The number of para-hydroxylation sites is 1. The lowest BCUT2D eigenvalue weighted by Gasteiger charge is -2.30. The number of pyridine rings is 1. The van der Waals surface area contributed by atoms with Crippen molar-refractivity contribution in [1.82, 2.24) is 15.2 Å². The Bertz CT molecular complexity index is 1580. The van der Waals surface area contributed by atoms with E-state index in [1.54, 1.807) is 0 Å². The number of benzene rings is 2. The van der Waals surface area contributed by atoms with Gasteiger partial charge >= 0.3 is 6.01 Å². The summed E-state index contributed by atoms with van der Waals surface area (Å²) in [5.41, 5.74) is 5.72. The lowest BCUT2D eigenvalue weighted by molar-refractivity contribution is -0.116. The zero-order valence-corrected chi connectivity index (χ0v) is 22.5. The van der Waals surface area contributed by atoms with Crippen molar-refractivity contribution < 1.29 is 13.9 Å². The predicted octanol–water partition coefficient (Wildman–Crippen LogP) is 3.80. The molecule has 2 aromatic carbocycles. The molecule has 1 atom stereocenters. The number of amides is 1. The van der Waals surface area contributed by atoms with E-state index < -0.39 is 6.17 Å². The minimum absolute atomic E-state index is 0.0839. The normalized spacial score (nSPS) is 18.9. The Kier molecular flexibility index (Phi) is 6.77. The quantitative estimate of drug-likeness (QED) is 0.369. The van der Waals surface area contributed by atoms with Crippen molar-refractivity contribution in [2.24, 2.45) is 4.99 Å². The van der Waals surface area contributed by atoms with Crippen LogP contribution in [0.1, 0.15) is 24.0 Å². The Morgan fingerprint density at radius 3 is 2.51 bits per heavy atom. The first-order valence-corrected chi connectivity index (χ1v) is 13.9. The third kappa shape index (κ3) is 5.11. The van der Waals surface area contributed by atoms with E-state index in [0.717, 1.165) is 48.7 Å². The van der Waals surface area contributed by atoms with Gasteiger partial charge in [-0.1, -0.05) is 53.6 Å². The summed E-state index contributed by atoms with van der Waals surface area (Å²) in [6.07, 6.45) is 3.24. The molecule has 5 heterocycles. The summed E-state index contributed by atoms with van der Waals surface area (Å²) in [7, 11) is 0. The van der Waals surface area contributed by atoms with Gasteiger partial charge in [-0.15, -0.1) is 5.10 Å². The number of benzodiazepines with no additional fused rings is 1. The van der Waals surface area contributed by atoms with Crippen molar-refractivity contribution in [1.29, 1.82) is 0 Å². The van der Waals surface area contributed by atoms with Gasteiger partial charge < -0.3 is 29.6 Å². The molecule has 2 N–H and O–H groups in total. The maximum atomic E-state index is 13.3. The number of rotatable bonds is 6. The largest absolute Gasteiger partial charge is 0.402 e. The van der Waals surface area contributed by atoms with Crippen LogP contribution in [0.2, 0.25) is 0 Å². The molecule has 2 aromatic heterocycles. The molecule has 7 rings (SSSR count). The van der Waals surface area contributed by atoms with E-state index in [0.29, 0.717) is 30.3 Å². The number of carbonyl (C=O) groups is 1. The highest BCUT2D eigenvalue weighted by atomic mass is 16.5. The number of morpholine rings is 1. The molecule has 0 aliphatic carbocycles. The van der Waals surface area contributed by atoms with Gasteiger partial charge in [-0.2, -0.15) is 0 Å². The number of aliphatic imine (C=N–C) groups is 1. The van der Waals surface area contributed by atoms with Gasteiger partial charge in [0.1, 0.15) is 0 Å². The van der Waals surface area contributed by atoms with Gasteiger partial charge in [0.15, 0.2) is 5.69 Å². The third-order valence-electron chi connectivity index (χ3n) is 7.56. The summed E-state index contributed by atoms with van der Waals surface area (Å²) in [4.78, 5) is 27.4. The van der Waals surface area contributed by atoms with Gasteiger partial charge in [0.2, 0.25) is 6.17 Å². The number of anilines is 4. The average molecular weight is 551 g/mol. The van der Waals surface area contributed by atoms with E-state index in [1.165, 1.54) is 12.8 Å². The van der Waals surface area contributed by atoms with Crippen LogP contribution in [0.25, 0.3) is 11.6 Å². The number of carbonyl (C=O) groups excluding carboxylic acids is 1. The van der Waals surface area contributed by atoms with E-state index in [1.807, 2.05) is 60.8 Å². The van der Waals surface area contributed by atoms with Gasteiger partial charge in [0.05, 0.1) is 42.2 Å². The predicted molar refractivity (Wildman–Crippen MR) is 157 cm³/mol. The fraction of sp³-hybridized carbons (Fsp3) is 0.300. The van der Waals surface area contributed by atoms with Crippen molar-refractivity contribution >= 4 is 34.7 Å². The molecule has 11 heteroatoms. The second-order valence-electron chi connectivity index (χ2n) is 10.2. The van der Waals surface area contributed by atoms with Crippen LogP contribution in [-0.2, 0) is 9.53 Å². The molecule has 41 heavy (non-hydrogen) atoms. The number of nitrogens with one attached hydrogen (secondary N) is 2. The molecule has 11 nitrogen and oxygen atoms in total. The molecular weight excluding hydrogens is 520 g/mol. The Morgan fingerprint density at radius 1 is 0.902 bits per heavy atom. The summed E-state index contributed by atoms with van der Waals surface area (Å²) >= 11 is 0. The van der Waals surface area contributed by atoms with Crippen LogP contribution in [-0.4, -0.2) is 72.4 Å². The first-order chi connectivity index (χ1) is 20.2. The van der Waals surface area contributed by atoms with Crippen LogP contribution >= 0.6 is 0 Å². The number of aromatic nitrogens is 3. The van der Waals surface area contributed by atoms with E-state index in [2.05, 4.69) is 36.7 Å². The van der Waals surface area contributed by atoms with E-state index >= 15 is 0 Å². The zero-order valence-electron chi connectivity index (χ0n) is 22.5. The minimum Gasteiger partial charge on any atom is -0.402 e. The highest BCUT2D eigenvalue weighted by molar-refractivity contribution is 6.19. The van der Waals surface area contributed by atoms with Crippen molar-refractivity contribution in [3.63, 3.8) is 0 Å². The molecule has 3 aliphatic heterocycles. The fourth-order valence-electron chi connectivity index (χ4n) is 5.48. The first kappa shape index (κ1) is 25.2. The van der Waals surface area contributed by atoms with Crippen LogP contribution in [0.5, 0.6) is 0 Å². The monoisotopic (exact) mass is 550 g/mol. The van der Waals surface area contributed by atoms with Crippen LogP contribution in [0, 0.1) is 0 Å². The van der Waals surface area contributed by atoms with Crippen LogP contribution < -0.4 is 20.4 Å². The molecular formula is C30H30N8O3. The van der Waals surface area contributed by atoms with Crippen molar-refractivity contribution in [2.75, 3.05) is 59.8 Å². The molecule has 0 bridgehead atoms. The van der Waals surface area contributed by atoms with Crippen LogP contribution in [0.15, 0.2) is 76.3 Å². The van der Waals surface area contributed by atoms with Crippen LogP contribution in [0.3, 0.4) is 0 Å². The lowest BCUT2D eigenvalue weighted by atomic mass is 10.0. The highest BCUT2D eigenvalue weighted by Crippen LogP contribution is 2.34. The highest BCUT2D eigenvalue weighted by Gasteiger charge is 2.28. The summed E-state index contributed by atoms with van der Waals surface area (Å²) in [6, 6.07) is 19.6. The standard InChI is InChI=1S/C30H30N8O3/c39-28-27(33-25(20-8-2-1-3-9-20)22-10-4-5-11-23(22)32-28)34-30-36-35-29(41-30)26-24(38-14-16-40-17-15-38)18-21(19-31-26)37-12-6-7-13-37/h1-5,8-11,18-19,27H,6-7,12-17H2,(H,32,39)(H,34,36)/t27-/m1/s1. The molecule has 208 valence electrons. The molecule has 1 amide bonds. The Morgan fingerprint density at radius 2 is 1.68 bits per heavy atom. The lowest BCUT2D eigenvalue weighted by Crippen LogP contribution is -2.36. The van der Waals surface area contributed by atoms with E-state index in [4.69, 9.17) is 19.1 Å². The minimum atomic E-state index is -0.991. The summed E-state index contributed by atoms with van der Waals surface area (Å²) < 4.78 is 11.6. The van der Waals surface area contributed by atoms with Crippen molar-refractivity contribution in [2.45, 2.75) is 19.0 Å². The Hall–Kier alpha value is -4.77. The number of nitrogens with zero attached hydrogens (tertiary/aromatic N) is 6. The first-order valence-electron chi connectivity index (χ1n) is 13.9.